The molecule has 1 atom stereocenters. The maximum atomic E-state index is 12.1. The summed E-state index contributed by atoms with van der Waals surface area (Å²) in [7, 11) is -0.906. The molecule has 4 heteroatoms. The number of nitrogens with two attached hydrogens (primary N) is 1. The van der Waals surface area contributed by atoms with Crippen molar-refractivity contribution in [3.05, 3.63) is 65.2 Å². The van der Waals surface area contributed by atoms with Crippen LogP contribution < -0.4 is 10.5 Å². The number of rotatable bonds is 7. The first-order valence-electron chi connectivity index (χ1n) is 7.00. The van der Waals surface area contributed by atoms with Crippen molar-refractivity contribution in [2.45, 2.75) is 19.2 Å². The maximum Gasteiger partial charge on any atom is 0.119 e. The largest absolute Gasteiger partial charge is 0.493 e. The second-order valence-electron chi connectivity index (χ2n) is 4.91. The average Bonchev–Trinajstić information content (AvgIpc) is 2.50. The number of aryl methyl sites for hydroxylation is 1. The maximum absolute atomic E-state index is 12.1. The molecule has 21 heavy (non-hydrogen) atoms. The highest BCUT2D eigenvalue weighted by Crippen LogP contribution is 2.13. The van der Waals surface area contributed by atoms with E-state index in [-0.39, 0.29) is 0 Å². The van der Waals surface area contributed by atoms with Crippen LogP contribution in [0.4, 0.5) is 0 Å². The molecular formula is C17H21NO2S. The van der Waals surface area contributed by atoms with Crippen molar-refractivity contribution in [2.24, 2.45) is 5.73 Å². The lowest BCUT2D eigenvalue weighted by atomic mass is 10.1. The number of hydrogen-bond donors (Lipinski definition) is 1. The molecular weight excluding hydrogens is 282 g/mol. The number of hydrogen-bond acceptors (Lipinski definition) is 3. The van der Waals surface area contributed by atoms with Crippen LogP contribution in [0, 0.1) is 6.92 Å². The van der Waals surface area contributed by atoms with Crippen molar-refractivity contribution in [1.82, 2.24) is 0 Å². The summed E-state index contributed by atoms with van der Waals surface area (Å²) < 4.78 is 17.7. The first-order chi connectivity index (χ1) is 10.2. The predicted molar refractivity (Wildman–Crippen MR) is 87.7 cm³/mol. The average molecular weight is 303 g/mol. The predicted octanol–water partition coefficient (Wildman–Crippen LogP) is 2.78. The van der Waals surface area contributed by atoms with Crippen LogP contribution in [0.1, 0.15) is 16.7 Å². The third-order valence-electron chi connectivity index (χ3n) is 3.32. The van der Waals surface area contributed by atoms with Crippen molar-refractivity contribution in [3.8, 4) is 5.75 Å². The van der Waals surface area contributed by atoms with Crippen LogP contribution in [0.3, 0.4) is 0 Å². The van der Waals surface area contributed by atoms with Crippen molar-refractivity contribution >= 4 is 10.8 Å². The molecule has 0 bridgehead atoms. The normalized spacial score (nSPS) is 12.1. The van der Waals surface area contributed by atoms with Crippen LogP contribution in [0.25, 0.3) is 0 Å². The van der Waals surface area contributed by atoms with Gasteiger partial charge in [0.1, 0.15) is 5.75 Å². The van der Waals surface area contributed by atoms with Gasteiger partial charge in [0.2, 0.25) is 0 Å². The fourth-order valence-electron chi connectivity index (χ4n) is 1.99. The zero-order chi connectivity index (χ0) is 15.1. The Labute approximate surface area is 128 Å². The van der Waals surface area contributed by atoms with Gasteiger partial charge in [-0.25, -0.2) is 0 Å². The Bertz CT molecular complexity index is 596. The lowest BCUT2D eigenvalue weighted by Crippen LogP contribution is -2.10. The van der Waals surface area contributed by atoms with E-state index in [1.54, 1.807) is 0 Å². The molecule has 0 aliphatic carbocycles. The third-order valence-corrected chi connectivity index (χ3v) is 4.57. The second kappa shape index (κ2) is 7.96. The van der Waals surface area contributed by atoms with E-state index in [1.807, 2.05) is 55.5 Å². The summed E-state index contributed by atoms with van der Waals surface area (Å²) in [6.07, 6.45) is 0. The summed E-state index contributed by atoms with van der Waals surface area (Å²) >= 11 is 0. The number of ether oxygens (including phenoxy) is 1. The summed E-state index contributed by atoms with van der Waals surface area (Å²) in [4.78, 5) is 0. The van der Waals surface area contributed by atoms with Gasteiger partial charge in [-0.05, 0) is 35.7 Å². The summed E-state index contributed by atoms with van der Waals surface area (Å²) in [6.45, 7) is 3.03. The van der Waals surface area contributed by atoms with E-state index < -0.39 is 10.8 Å². The first-order valence-corrected chi connectivity index (χ1v) is 8.49. The topological polar surface area (TPSA) is 52.3 Å². The van der Waals surface area contributed by atoms with E-state index in [4.69, 9.17) is 10.5 Å². The van der Waals surface area contributed by atoms with E-state index in [0.717, 1.165) is 16.9 Å². The minimum atomic E-state index is -0.906. The summed E-state index contributed by atoms with van der Waals surface area (Å²) in [5, 5.41) is 0. The molecule has 0 aliphatic rings. The van der Waals surface area contributed by atoms with Crippen LogP contribution in [0.2, 0.25) is 0 Å². The highest BCUT2D eigenvalue weighted by atomic mass is 32.2. The molecule has 0 heterocycles. The van der Waals surface area contributed by atoms with E-state index >= 15 is 0 Å². The van der Waals surface area contributed by atoms with Crippen LogP contribution in [0.15, 0.2) is 48.5 Å². The lowest BCUT2D eigenvalue weighted by molar-refractivity contribution is 0.342. The molecule has 0 aromatic heterocycles. The van der Waals surface area contributed by atoms with Crippen LogP contribution >= 0.6 is 0 Å². The highest BCUT2D eigenvalue weighted by molar-refractivity contribution is 7.84. The van der Waals surface area contributed by atoms with Crippen molar-refractivity contribution in [2.75, 3.05) is 12.4 Å². The van der Waals surface area contributed by atoms with Gasteiger partial charge in [-0.2, -0.15) is 0 Å². The van der Waals surface area contributed by atoms with Crippen LogP contribution in [0.5, 0.6) is 5.75 Å². The Hall–Kier alpha value is -1.65. The Morgan fingerprint density at radius 3 is 2.48 bits per heavy atom. The first kappa shape index (κ1) is 15.7. The van der Waals surface area contributed by atoms with Gasteiger partial charge >= 0.3 is 0 Å². The molecule has 0 saturated heterocycles. The third kappa shape index (κ3) is 4.99. The van der Waals surface area contributed by atoms with Crippen LogP contribution in [-0.4, -0.2) is 16.6 Å². The van der Waals surface area contributed by atoms with Crippen molar-refractivity contribution in [3.63, 3.8) is 0 Å². The van der Waals surface area contributed by atoms with Gasteiger partial charge in [0.05, 0.1) is 12.4 Å². The summed E-state index contributed by atoms with van der Waals surface area (Å²) in [6, 6.07) is 15.7. The fraction of sp³-hybridized carbons (Fsp3) is 0.294. The van der Waals surface area contributed by atoms with Gasteiger partial charge in [-0.15, -0.1) is 0 Å². The van der Waals surface area contributed by atoms with Gasteiger partial charge < -0.3 is 10.5 Å². The van der Waals surface area contributed by atoms with Gasteiger partial charge in [0.25, 0.3) is 0 Å². The summed E-state index contributed by atoms with van der Waals surface area (Å²) in [5.74, 6) is 1.91. The molecule has 2 aromatic rings. The second-order valence-corrected chi connectivity index (χ2v) is 6.49. The molecule has 1 unspecified atom stereocenters. The monoisotopic (exact) mass is 303 g/mol. The van der Waals surface area contributed by atoms with E-state index in [2.05, 4.69) is 0 Å². The molecule has 0 aliphatic heterocycles. The molecule has 2 rings (SSSR count). The number of benzene rings is 2. The Kier molecular flexibility index (Phi) is 5.96. The van der Waals surface area contributed by atoms with E-state index in [1.165, 1.54) is 5.56 Å². The van der Waals surface area contributed by atoms with E-state index in [0.29, 0.717) is 24.7 Å². The molecule has 2 aromatic carbocycles. The highest BCUT2D eigenvalue weighted by Gasteiger charge is 2.04. The quantitative estimate of drug-likeness (QED) is 0.855. The molecule has 2 N–H and O–H groups in total. The van der Waals surface area contributed by atoms with Gasteiger partial charge in [-0.1, -0.05) is 36.4 Å². The zero-order valence-electron chi connectivity index (χ0n) is 12.2. The minimum absolute atomic E-state index is 0.459. The van der Waals surface area contributed by atoms with Crippen molar-refractivity contribution in [1.29, 1.82) is 0 Å². The minimum Gasteiger partial charge on any atom is -0.493 e. The molecule has 0 fully saturated rings. The Morgan fingerprint density at radius 2 is 1.81 bits per heavy atom. The SMILES string of the molecule is Cc1ccccc1CS(=O)CCOc1ccc(CN)cc1. The zero-order valence-corrected chi connectivity index (χ0v) is 13.1. The molecule has 3 nitrogen and oxygen atoms in total. The smallest absolute Gasteiger partial charge is 0.119 e. The fourth-order valence-corrected chi connectivity index (χ4v) is 3.08. The Morgan fingerprint density at radius 1 is 1.10 bits per heavy atom. The summed E-state index contributed by atoms with van der Waals surface area (Å²) in [5.41, 5.74) is 8.94. The van der Waals surface area contributed by atoms with Gasteiger partial charge in [0, 0.05) is 23.1 Å². The van der Waals surface area contributed by atoms with E-state index in [9.17, 15) is 4.21 Å². The Balaban J connectivity index is 1.77. The molecule has 0 spiro atoms. The molecule has 0 radical (unpaired) electrons. The standard InChI is InChI=1S/C17H21NO2S/c1-14-4-2-3-5-16(14)13-21(19)11-10-20-17-8-6-15(12-18)7-9-17/h2-9H,10-13,18H2,1H3. The van der Waals surface area contributed by atoms with Gasteiger partial charge in [0.15, 0.2) is 0 Å². The van der Waals surface area contributed by atoms with Gasteiger partial charge in [-0.3, -0.25) is 4.21 Å². The molecule has 112 valence electrons. The lowest BCUT2D eigenvalue weighted by Gasteiger charge is -2.08. The van der Waals surface area contributed by atoms with Crippen LogP contribution in [-0.2, 0) is 23.1 Å². The molecule has 0 saturated carbocycles. The van der Waals surface area contributed by atoms with Crippen molar-refractivity contribution < 1.29 is 8.95 Å². The molecule has 0 amide bonds.